The summed E-state index contributed by atoms with van der Waals surface area (Å²) in [4.78, 5) is 11.4. The molecule has 74 valence electrons. The zero-order chi connectivity index (χ0) is 10.1. The summed E-state index contributed by atoms with van der Waals surface area (Å²) in [6, 6.07) is 3.66. The van der Waals surface area contributed by atoms with Gasteiger partial charge >= 0.3 is 0 Å². The summed E-state index contributed by atoms with van der Waals surface area (Å²) < 4.78 is 11.2. The van der Waals surface area contributed by atoms with Crippen molar-refractivity contribution in [2.75, 3.05) is 6.79 Å². The number of benzene rings is 1. The lowest BCUT2D eigenvalue weighted by Gasteiger charge is -2.20. The SMILES string of the molecule is CC(=O)c1c(Br)ccc2c1COCO2. The number of ether oxygens (including phenoxy) is 2. The summed E-state index contributed by atoms with van der Waals surface area (Å²) >= 11 is 3.34. The molecule has 0 N–H and O–H groups in total. The second-order valence-corrected chi connectivity index (χ2v) is 3.92. The average Bonchev–Trinajstić information content (AvgIpc) is 2.17. The summed E-state index contributed by atoms with van der Waals surface area (Å²) in [5.74, 6) is 0.757. The van der Waals surface area contributed by atoms with E-state index in [2.05, 4.69) is 15.9 Å². The number of rotatable bonds is 1. The molecule has 0 saturated carbocycles. The summed E-state index contributed by atoms with van der Waals surface area (Å²) in [5, 5.41) is 0. The van der Waals surface area contributed by atoms with Gasteiger partial charge in [0, 0.05) is 15.6 Å². The van der Waals surface area contributed by atoms with Crippen LogP contribution in [0.1, 0.15) is 22.8 Å². The van der Waals surface area contributed by atoms with E-state index in [1.807, 2.05) is 12.1 Å². The van der Waals surface area contributed by atoms with Gasteiger partial charge in [0.2, 0.25) is 0 Å². The van der Waals surface area contributed by atoms with Crippen molar-refractivity contribution in [3.8, 4) is 5.75 Å². The molecule has 0 spiro atoms. The molecule has 0 atom stereocenters. The van der Waals surface area contributed by atoms with Crippen LogP contribution in [0.4, 0.5) is 0 Å². The molecule has 0 unspecified atom stereocenters. The Kier molecular flexibility index (Phi) is 2.56. The normalized spacial score (nSPS) is 14.4. The Morgan fingerprint density at radius 2 is 2.29 bits per heavy atom. The van der Waals surface area contributed by atoms with Gasteiger partial charge in [-0.3, -0.25) is 4.79 Å². The van der Waals surface area contributed by atoms with Crippen molar-refractivity contribution >= 4 is 21.7 Å². The minimum absolute atomic E-state index is 0.0165. The molecule has 0 saturated heterocycles. The van der Waals surface area contributed by atoms with E-state index >= 15 is 0 Å². The van der Waals surface area contributed by atoms with Gasteiger partial charge in [-0.25, -0.2) is 0 Å². The molecule has 0 fully saturated rings. The molecule has 1 aliphatic heterocycles. The first-order chi connectivity index (χ1) is 6.70. The first-order valence-corrected chi connectivity index (χ1v) is 5.02. The van der Waals surface area contributed by atoms with Gasteiger partial charge in [-0.05, 0) is 19.1 Å². The number of carbonyl (C=O) groups excluding carboxylic acids is 1. The van der Waals surface area contributed by atoms with Crippen LogP contribution in [-0.4, -0.2) is 12.6 Å². The van der Waals surface area contributed by atoms with Crippen molar-refractivity contribution in [2.45, 2.75) is 13.5 Å². The fourth-order valence-corrected chi connectivity index (χ4v) is 2.16. The highest BCUT2D eigenvalue weighted by molar-refractivity contribution is 9.10. The van der Waals surface area contributed by atoms with Crippen LogP contribution in [0.15, 0.2) is 16.6 Å². The Hall–Kier alpha value is -0.870. The molecule has 3 nitrogen and oxygen atoms in total. The molecule has 2 rings (SSSR count). The molecule has 0 radical (unpaired) electrons. The Bertz CT molecular complexity index is 387. The zero-order valence-corrected chi connectivity index (χ0v) is 9.26. The lowest BCUT2D eigenvalue weighted by molar-refractivity contribution is -0.0167. The quantitative estimate of drug-likeness (QED) is 0.725. The smallest absolute Gasteiger partial charge is 0.189 e. The van der Waals surface area contributed by atoms with Gasteiger partial charge in [-0.2, -0.15) is 0 Å². The third-order valence-corrected chi connectivity index (χ3v) is 2.78. The number of fused-ring (bicyclic) bond motifs is 1. The number of hydrogen-bond donors (Lipinski definition) is 0. The molecule has 1 heterocycles. The van der Waals surface area contributed by atoms with Crippen molar-refractivity contribution in [1.29, 1.82) is 0 Å². The maximum Gasteiger partial charge on any atom is 0.189 e. The van der Waals surface area contributed by atoms with E-state index in [0.717, 1.165) is 15.8 Å². The lowest BCUT2D eigenvalue weighted by atomic mass is 10.0. The van der Waals surface area contributed by atoms with Crippen molar-refractivity contribution in [3.05, 3.63) is 27.7 Å². The maximum absolute atomic E-state index is 11.4. The highest BCUT2D eigenvalue weighted by atomic mass is 79.9. The highest BCUT2D eigenvalue weighted by Gasteiger charge is 2.19. The monoisotopic (exact) mass is 256 g/mol. The van der Waals surface area contributed by atoms with Gasteiger partial charge in [0.05, 0.1) is 6.61 Å². The molecule has 4 heteroatoms. The molecule has 0 bridgehead atoms. The first-order valence-electron chi connectivity index (χ1n) is 4.23. The van der Waals surface area contributed by atoms with Crippen LogP contribution in [0.25, 0.3) is 0 Å². The fourth-order valence-electron chi connectivity index (χ4n) is 1.51. The number of Topliss-reactive ketones (excluding diaryl/α,β-unsaturated/α-hetero) is 1. The van der Waals surface area contributed by atoms with Crippen LogP contribution in [0.5, 0.6) is 5.75 Å². The van der Waals surface area contributed by atoms with Gasteiger partial charge in [-0.1, -0.05) is 15.9 Å². The number of hydrogen-bond acceptors (Lipinski definition) is 3. The first kappa shape index (κ1) is 9.68. The van der Waals surface area contributed by atoms with Crippen LogP contribution >= 0.6 is 15.9 Å². The Morgan fingerprint density at radius 3 is 3.00 bits per heavy atom. The summed E-state index contributed by atoms with van der Waals surface area (Å²) in [6.07, 6.45) is 0. The lowest BCUT2D eigenvalue weighted by Crippen LogP contribution is -2.14. The topological polar surface area (TPSA) is 35.5 Å². The van der Waals surface area contributed by atoms with Crippen molar-refractivity contribution in [3.63, 3.8) is 0 Å². The van der Waals surface area contributed by atoms with Crippen LogP contribution in [0.2, 0.25) is 0 Å². The third kappa shape index (κ3) is 1.55. The Balaban J connectivity index is 2.60. The van der Waals surface area contributed by atoms with Gasteiger partial charge < -0.3 is 9.47 Å². The van der Waals surface area contributed by atoms with Crippen molar-refractivity contribution in [2.24, 2.45) is 0 Å². The zero-order valence-electron chi connectivity index (χ0n) is 7.67. The van der Waals surface area contributed by atoms with Crippen LogP contribution in [0.3, 0.4) is 0 Å². The van der Waals surface area contributed by atoms with E-state index in [-0.39, 0.29) is 12.6 Å². The largest absolute Gasteiger partial charge is 0.467 e. The van der Waals surface area contributed by atoms with E-state index in [0.29, 0.717) is 12.2 Å². The second-order valence-electron chi connectivity index (χ2n) is 3.07. The Labute approximate surface area is 90.1 Å². The highest BCUT2D eigenvalue weighted by Crippen LogP contribution is 2.32. The van der Waals surface area contributed by atoms with E-state index in [4.69, 9.17) is 9.47 Å². The summed E-state index contributed by atoms with van der Waals surface area (Å²) in [7, 11) is 0. The van der Waals surface area contributed by atoms with Crippen molar-refractivity contribution < 1.29 is 14.3 Å². The molecular formula is C10H9BrO3. The van der Waals surface area contributed by atoms with E-state index < -0.39 is 0 Å². The number of carbonyl (C=O) groups is 1. The minimum Gasteiger partial charge on any atom is -0.467 e. The maximum atomic E-state index is 11.4. The molecular weight excluding hydrogens is 248 g/mol. The number of halogens is 1. The minimum atomic E-state index is 0.0165. The predicted molar refractivity (Wildman–Crippen MR) is 54.4 cm³/mol. The van der Waals surface area contributed by atoms with Gasteiger partial charge in [0.1, 0.15) is 5.75 Å². The van der Waals surface area contributed by atoms with Crippen molar-refractivity contribution in [1.82, 2.24) is 0 Å². The molecule has 0 amide bonds. The second kappa shape index (κ2) is 3.71. The van der Waals surface area contributed by atoms with E-state index in [1.54, 1.807) is 0 Å². The van der Waals surface area contributed by atoms with E-state index in [9.17, 15) is 4.79 Å². The summed E-state index contributed by atoms with van der Waals surface area (Å²) in [6.45, 7) is 2.23. The van der Waals surface area contributed by atoms with Crippen LogP contribution in [-0.2, 0) is 11.3 Å². The number of ketones is 1. The molecule has 14 heavy (non-hydrogen) atoms. The van der Waals surface area contributed by atoms with Gasteiger partial charge in [-0.15, -0.1) is 0 Å². The van der Waals surface area contributed by atoms with Crippen LogP contribution < -0.4 is 4.74 Å². The third-order valence-electron chi connectivity index (χ3n) is 2.12. The molecule has 1 aromatic rings. The molecule has 0 aromatic heterocycles. The fraction of sp³-hybridized carbons (Fsp3) is 0.300. The molecule has 0 aliphatic carbocycles. The Morgan fingerprint density at radius 1 is 1.50 bits per heavy atom. The molecule has 1 aromatic carbocycles. The van der Waals surface area contributed by atoms with Gasteiger partial charge in [0.15, 0.2) is 12.6 Å². The summed E-state index contributed by atoms with van der Waals surface area (Å²) in [5.41, 5.74) is 1.49. The molecule has 1 aliphatic rings. The average molecular weight is 257 g/mol. The standard InChI is InChI=1S/C10H9BrO3/c1-6(12)10-7-4-13-5-14-9(7)3-2-8(10)11/h2-3H,4-5H2,1H3. The van der Waals surface area contributed by atoms with Gasteiger partial charge in [0.25, 0.3) is 0 Å². The predicted octanol–water partition coefficient (Wildman–Crippen LogP) is 2.52. The van der Waals surface area contributed by atoms with E-state index in [1.165, 1.54) is 6.92 Å². The van der Waals surface area contributed by atoms with Crippen LogP contribution in [0, 0.1) is 0 Å².